The van der Waals surface area contributed by atoms with Gasteiger partial charge in [-0.15, -0.1) is 0 Å². The highest BCUT2D eigenvalue weighted by atomic mass is 79.9. The summed E-state index contributed by atoms with van der Waals surface area (Å²) >= 11 is 3.37. The number of halogens is 1. The average Bonchev–Trinajstić information content (AvgIpc) is 2.99. The van der Waals surface area contributed by atoms with Crippen LogP contribution < -0.4 is 11.1 Å². The highest BCUT2D eigenvalue weighted by molar-refractivity contribution is 9.10. The molecule has 3 aromatic rings. The first kappa shape index (κ1) is 15.5. The fraction of sp³-hybridized carbons (Fsp3) is 0.0588. The predicted octanol–water partition coefficient (Wildman–Crippen LogP) is 3.21. The van der Waals surface area contributed by atoms with Gasteiger partial charge < -0.3 is 16.0 Å². The van der Waals surface area contributed by atoms with Crippen LogP contribution in [0.5, 0.6) is 0 Å². The monoisotopic (exact) mass is 371 g/mol. The molecule has 116 valence electrons. The molecule has 3 rings (SSSR count). The fourth-order valence-corrected chi connectivity index (χ4v) is 2.87. The van der Waals surface area contributed by atoms with Crippen molar-refractivity contribution in [3.05, 3.63) is 64.3 Å². The molecule has 0 aliphatic carbocycles. The van der Waals surface area contributed by atoms with Crippen molar-refractivity contribution in [2.45, 2.75) is 6.54 Å². The van der Waals surface area contributed by atoms with Gasteiger partial charge in [-0.1, -0.05) is 24.3 Å². The van der Waals surface area contributed by atoms with Gasteiger partial charge in [0.25, 0.3) is 11.7 Å². The van der Waals surface area contributed by atoms with Crippen LogP contribution in [0, 0.1) is 0 Å². The van der Waals surface area contributed by atoms with E-state index < -0.39 is 11.7 Å². The minimum absolute atomic E-state index is 0.354. The number of carbonyl (C=O) groups excluding carboxylic acids is 2. The summed E-state index contributed by atoms with van der Waals surface area (Å²) in [6, 6.07) is 12.7. The number of aromatic amines is 1. The van der Waals surface area contributed by atoms with E-state index in [-0.39, 0.29) is 0 Å². The summed E-state index contributed by atoms with van der Waals surface area (Å²) in [7, 11) is 0. The van der Waals surface area contributed by atoms with Crippen molar-refractivity contribution in [2.24, 2.45) is 5.73 Å². The molecule has 0 saturated heterocycles. The third-order valence-electron chi connectivity index (χ3n) is 3.56. The molecule has 0 spiro atoms. The number of Topliss-reactive ketones (excluding diaryl/α,β-unsaturated/α-hetero) is 1. The van der Waals surface area contributed by atoms with Crippen LogP contribution >= 0.6 is 15.9 Å². The van der Waals surface area contributed by atoms with Crippen LogP contribution in [0.2, 0.25) is 0 Å². The Morgan fingerprint density at radius 3 is 2.70 bits per heavy atom. The van der Waals surface area contributed by atoms with Crippen LogP contribution in [0.25, 0.3) is 10.9 Å². The van der Waals surface area contributed by atoms with Crippen LogP contribution in [-0.2, 0) is 11.3 Å². The summed E-state index contributed by atoms with van der Waals surface area (Å²) in [6.07, 6.45) is 1.55. The average molecular weight is 372 g/mol. The zero-order valence-corrected chi connectivity index (χ0v) is 13.7. The van der Waals surface area contributed by atoms with E-state index >= 15 is 0 Å². The van der Waals surface area contributed by atoms with Gasteiger partial charge in [-0.25, -0.2) is 0 Å². The molecule has 0 unspecified atom stereocenters. The molecule has 5 nitrogen and oxygen atoms in total. The molecule has 1 aromatic heterocycles. The van der Waals surface area contributed by atoms with Gasteiger partial charge in [0, 0.05) is 28.1 Å². The number of aromatic nitrogens is 1. The molecule has 4 N–H and O–H groups in total. The molecule has 23 heavy (non-hydrogen) atoms. The normalized spacial score (nSPS) is 10.7. The first-order valence-electron chi connectivity index (χ1n) is 7.00. The van der Waals surface area contributed by atoms with Crippen LogP contribution in [0.15, 0.2) is 53.1 Å². The van der Waals surface area contributed by atoms with Gasteiger partial charge in [0.05, 0.1) is 11.3 Å². The van der Waals surface area contributed by atoms with Crippen LogP contribution in [0.1, 0.15) is 15.9 Å². The highest BCUT2D eigenvalue weighted by Gasteiger charge is 2.20. The number of fused-ring (bicyclic) bond motifs is 1. The SMILES string of the molecule is NCc1ccc(NC(=O)C(=O)c2c[nH]c3ccccc23)c(Br)c1. The Kier molecular flexibility index (Phi) is 4.27. The smallest absolute Gasteiger partial charge is 0.296 e. The van der Waals surface area contributed by atoms with E-state index in [1.165, 1.54) is 0 Å². The molecular weight excluding hydrogens is 358 g/mol. The van der Waals surface area contributed by atoms with Gasteiger partial charge >= 0.3 is 0 Å². The van der Waals surface area contributed by atoms with Crippen molar-refractivity contribution in [1.29, 1.82) is 0 Å². The minimum Gasteiger partial charge on any atom is -0.360 e. The number of ketones is 1. The van der Waals surface area contributed by atoms with Crippen molar-refractivity contribution in [2.75, 3.05) is 5.32 Å². The first-order valence-corrected chi connectivity index (χ1v) is 7.79. The molecule has 0 atom stereocenters. The molecule has 1 amide bonds. The Balaban J connectivity index is 1.84. The third-order valence-corrected chi connectivity index (χ3v) is 4.21. The number of nitrogens with one attached hydrogen (secondary N) is 2. The standard InChI is InChI=1S/C17H14BrN3O2/c18-13-7-10(8-19)5-6-15(13)21-17(23)16(22)12-9-20-14-4-2-1-3-11(12)14/h1-7,9,20H,8,19H2,(H,21,23). The molecule has 2 aromatic carbocycles. The van der Waals surface area contributed by atoms with E-state index in [0.717, 1.165) is 16.5 Å². The molecule has 1 heterocycles. The minimum atomic E-state index is -0.684. The number of amides is 1. The lowest BCUT2D eigenvalue weighted by Crippen LogP contribution is -2.23. The van der Waals surface area contributed by atoms with Crippen LogP contribution in [-0.4, -0.2) is 16.7 Å². The Morgan fingerprint density at radius 2 is 1.96 bits per heavy atom. The second-order valence-electron chi connectivity index (χ2n) is 5.05. The topological polar surface area (TPSA) is 88.0 Å². The molecule has 0 radical (unpaired) electrons. The third kappa shape index (κ3) is 3.04. The van der Waals surface area contributed by atoms with E-state index in [4.69, 9.17) is 5.73 Å². The molecule has 6 heteroatoms. The first-order chi connectivity index (χ1) is 11.1. The summed E-state index contributed by atoms with van der Waals surface area (Å²) in [5.41, 5.74) is 8.20. The fourth-order valence-electron chi connectivity index (χ4n) is 2.35. The van der Waals surface area contributed by atoms with E-state index in [1.54, 1.807) is 24.4 Å². The quantitative estimate of drug-likeness (QED) is 0.485. The second kappa shape index (κ2) is 6.36. The number of benzene rings is 2. The van der Waals surface area contributed by atoms with Crippen molar-refractivity contribution in [1.82, 2.24) is 4.98 Å². The maximum atomic E-state index is 12.4. The summed E-state index contributed by atoms with van der Waals surface area (Å²) in [6.45, 7) is 0.404. The zero-order chi connectivity index (χ0) is 16.4. The summed E-state index contributed by atoms with van der Waals surface area (Å²) in [5, 5.41) is 3.35. The van der Waals surface area contributed by atoms with Crippen LogP contribution in [0.4, 0.5) is 5.69 Å². The number of nitrogens with two attached hydrogens (primary N) is 1. The Morgan fingerprint density at radius 1 is 1.17 bits per heavy atom. The Bertz CT molecular complexity index is 902. The summed E-state index contributed by atoms with van der Waals surface area (Å²) in [4.78, 5) is 27.6. The van der Waals surface area contributed by atoms with Gasteiger partial charge in [-0.3, -0.25) is 9.59 Å². The van der Waals surface area contributed by atoms with Crippen molar-refractivity contribution >= 4 is 44.2 Å². The molecule has 0 saturated carbocycles. The second-order valence-corrected chi connectivity index (χ2v) is 5.90. The van der Waals surface area contributed by atoms with E-state index in [2.05, 4.69) is 26.2 Å². The number of hydrogen-bond donors (Lipinski definition) is 3. The largest absolute Gasteiger partial charge is 0.360 e. The lowest BCUT2D eigenvalue weighted by molar-refractivity contribution is -0.112. The number of rotatable bonds is 4. The number of hydrogen-bond acceptors (Lipinski definition) is 3. The van der Waals surface area contributed by atoms with Crippen molar-refractivity contribution < 1.29 is 9.59 Å². The van der Waals surface area contributed by atoms with E-state index in [9.17, 15) is 9.59 Å². The lowest BCUT2D eigenvalue weighted by atomic mass is 10.1. The lowest BCUT2D eigenvalue weighted by Gasteiger charge is -2.08. The summed E-state index contributed by atoms with van der Waals surface area (Å²) in [5.74, 6) is -1.27. The Hall–Kier alpha value is -2.44. The molecular formula is C17H14BrN3O2. The van der Waals surface area contributed by atoms with Crippen molar-refractivity contribution in [3.63, 3.8) is 0 Å². The van der Waals surface area contributed by atoms with Gasteiger partial charge in [0.1, 0.15) is 0 Å². The maximum absolute atomic E-state index is 12.4. The van der Waals surface area contributed by atoms with Gasteiger partial charge in [-0.05, 0) is 39.7 Å². The molecule has 0 fully saturated rings. The molecule has 0 aliphatic heterocycles. The van der Waals surface area contributed by atoms with Gasteiger partial charge in [0.15, 0.2) is 0 Å². The van der Waals surface area contributed by atoms with Gasteiger partial charge in [-0.2, -0.15) is 0 Å². The molecule has 0 bridgehead atoms. The number of anilines is 1. The van der Waals surface area contributed by atoms with E-state index in [0.29, 0.717) is 22.3 Å². The van der Waals surface area contributed by atoms with Gasteiger partial charge in [0.2, 0.25) is 0 Å². The number of para-hydroxylation sites is 1. The van der Waals surface area contributed by atoms with Crippen molar-refractivity contribution in [3.8, 4) is 0 Å². The summed E-state index contributed by atoms with van der Waals surface area (Å²) < 4.78 is 0.681. The van der Waals surface area contributed by atoms with Crippen LogP contribution in [0.3, 0.4) is 0 Å². The van der Waals surface area contributed by atoms with E-state index in [1.807, 2.05) is 24.3 Å². The molecule has 0 aliphatic rings. The maximum Gasteiger partial charge on any atom is 0.296 e. The zero-order valence-electron chi connectivity index (χ0n) is 12.1. The predicted molar refractivity (Wildman–Crippen MR) is 93.3 cm³/mol. The Labute approximate surface area is 141 Å². The highest BCUT2D eigenvalue weighted by Crippen LogP contribution is 2.24. The number of H-pyrrole nitrogens is 1. The number of carbonyl (C=O) groups is 2.